The van der Waals surface area contributed by atoms with E-state index in [0.29, 0.717) is 0 Å². The summed E-state index contributed by atoms with van der Waals surface area (Å²) in [6.07, 6.45) is 2.35. The molecule has 0 aromatic rings. The van der Waals surface area contributed by atoms with E-state index in [9.17, 15) is 0 Å². The first kappa shape index (κ1) is 30.0. The molecular formula is C20H46MoN4. The molecule has 5 heteroatoms. The summed E-state index contributed by atoms with van der Waals surface area (Å²) in [5.41, 5.74) is 0.393. The van der Waals surface area contributed by atoms with Gasteiger partial charge in [0.1, 0.15) is 0 Å². The maximum atomic E-state index is 4.51. The van der Waals surface area contributed by atoms with Gasteiger partial charge in [0.25, 0.3) is 0 Å². The van der Waals surface area contributed by atoms with Gasteiger partial charge in [-0.2, -0.15) is 6.54 Å². The second-order valence-corrected chi connectivity index (χ2v) is 10.2. The fourth-order valence-corrected chi connectivity index (χ4v) is 2.33. The molecule has 0 aliphatic rings. The molecule has 0 amide bonds. The largest absolute Gasteiger partial charge is 0.662 e. The van der Waals surface area contributed by atoms with Crippen molar-refractivity contribution in [1.82, 2.24) is 0 Å². The van der Waals surface area contributed by atoms with Gasteiger partial charge in [-0.25, -0.2) is 0 Å². The van der Waals surface area contributed by atoms with Gasteiger partial charge in [-0.05, 0) is 0 Å². The maximum absolute atomic E-state index is 4.51. The van der Waals surface area contributed by atoms with E-state index in [1.165, 1.54) is 6.42 Å². The van der Waals surface area contributed by atoms with Gasteiger partial charge in [-0.1, -0.05) is 54.4 Å². The molecule has 0 N–H and O–H groups in total. The van der Waals surface area contributed by atoms with E-state index >= 15 is 0 Å². The minimum absolute atomic E-state index is 0.108. The normalized spacial score (nSPS) is 11.4. The van der Waals surface area contributed by atoms with Crippen molar-refractivity contribution in [2.45, 2.75) is 113 Å². The van der Waals surface area contributed by atoms with Crippen LogP contribution in [0.1, 0.15) is 95.9 Å². The summed E-state index contributed by atoms with van der Waals surface area (Å²) in [7, 11) is 0. The van der Waals surface area contributed by atoms with Gasteiger partial charge in [-0.3, -0.25) is 0 Å². The summed E-state index contributed by atoms with van der Waals surface area (Å²) in [4.78, 5) is 0. The van der Waals surface area contributed by atoms with Crippen LogP contribution in [0.4, 0.5) is 0 Å². The average Bonchev–Trinajstić information content (AvgIpc) is 2.40. The molecule has 0 spiro atoms. The van der Waals surface area contributed by atoms with Crippen molar-refractivity contribution in [3.8, 4) is 0 Å². The van der Waals surface area contributed by atoms with Gasteiger partial charge in [-0.15, -0.1) is 18.6 Å². The van der Waals surface area contributed by atoms with Crippen molar-refractivity contribution in [2.75, 3.05) is 19.6 Å². The summed E-state index contributed by atoms with van der Waals surface area (Å²) >= 11 is -0.473. The molecule has 0 saturated heterocycles. The van der Waals surface area contributed by atoms with Crippen molar-refractivity contribution in [1.29, 1.82) is 0 Å². The molecule has 152 valence electrons. The molecule has 0 aliphatic carbocycles. The van der Waals surface area contributed by atoms with Crippen LogP contribution in [-0.4, -0.2) is 36.3 Å². The second-order valence-electron chi connectivity index (χ2n) is 8.92. The summed E-state index contributed by atoms with van der Waals surface area (Å²) in [6, 6.07) is 0. The number of hydrogen-bond acceptors (Lipinski definition) is 2. The van der Waals surface area contributed by atoms with E-state index < -0.39 is 18.2 Å². The fraction of sp³-hybridized carbons (Fsp3) is 1.00. The smallest absolute Gasteiger partial charge is 0.0670 e. The topological polar surface area (TPSA) is 52.9 Å². The van der Waals surface area contributed by atoms with Crippen LogP contribution >= 0.6 is 0 Å². The molecule has 0 saturated carbocycles. The first-order valence-corrected chi connectivity index (χ1v) is 11.4. The second kappa shape index (κ2) is 16.4. The van der Waals surface area contributed by atoms with Crippen molar-refractivity contribution in [3.63, 3.8) is 0 Å². The third kappa shape index (κ3) is 45.4. The minimum atomic E-state index is -0.473. The molecular weight excluding hydrogens is 392 g/mol. The Morgan fingerprint density at radius 2 is 1.08 bits per heavy atom. The Bertz CT molecular complexity index is 318. The molecule has 4 nitrogen and oxygen atoms in total. The third-order valence-electron chi connectivity index (χ3n) is 2.04. The molecule has 0 aromatic carbocycles. The minimum Gasteiger partial charge on any atom is -0.662 e. The Morgan fingerprint density at radius 3 is 1.24 bits per heavy atom. The Kier molecular flexibility index (Phi) is 19.6. The predicted molar refractivity (Wildman–Crippen MR) is 112 cm³/mol. The van der Waals surface area contributed by atoms with Crippen LogP contribution in [0, 0.1) is 0 Å². The molecule has 0 aromatic heterocycles. The molecule has 0 bridgehead atoms. The Labute approximate surface area is 168 Å². The first-order chi connectivity index (χ1) is 11.2. The van der Waals surface area contributed by atoms with Crippen molar-refractivity contribution >= 4 is 0 Å². The Balaban J connectivity index is -0.000000306. The summed E-state index contributed by atoms with van der Waals surface area (Å²) in [6.45, 7) is 28.5. The zero-order chi connectivity index (χ0) is 20.6. The third-order valence-corrected chi connectivity index (χ3v) is 5.14. The zero-order valence-electron chi connectivity index (χ0n) is 19.2. The number of hydrogen-bond donors (Lipinski definition) is 0. The van der Waals surface area contributed by atoms with Gasteiger partial charge in [0, 0.05) is 0 Å². The number of nitrogens with zero attached hydrogens (tertiary/aromatic N) is 4. The molecule has 0 aliphatic heterocycles. The number of rotatable bonds is 5. The van der Waals surface area contributed by atoms with Gasteiger partial charge in [0.2, 0.25) is 0 Å². The van der Waals surface area contributed by atoms with Crippen LogP contribution in [0.15, 0.2) is 6.99 Å². The zero-order valence-corrected chi connectivity index (χ0v) is 21.2. The monoisotopic (exact) mass is 440 g/mol. The Hall–Kier alpha value is 0.208. The van der Waals surface area contributed by atoms with E-state index in [0.717, 1.165) is 26.1 Å². The van der Waals surface area contributed by atoms with Crippen molar-refractivity contribution < 1.29 is 18.2 Å². The molecule has 0 atom stereocenters. The molecule has 0 unspecified atom stereocenters. The summed E-state index contributed by atoms with van der Waals surface area (Å²) in [5.74, 6) is 0. The maximum Gasteiger partial charge on any atom is -0.0670 e. The predicted octanol–water partition coefficient (Wildman–Crippen LogP) is 7.39. The molecule has 0 radical (unpaired) electrons. The van der Waals surface area contributed by atoms with Crippen LogP contribution in [0.2, 0.25) is 0 Å². The molecule has 0 heterocycles. The summed E-state index contributed by atoms with van der Waals surface area (Å²) in [5, 5.41) is 8.47. The van der Waals surface area contributed by atoms with Crippen LogP contribution in [0.25, 0.3) is 10.6 Å². The van der Waals surface area contributed by atoms with Crippen LogP contribution < -0.4 is 0 Å². The average molecular weight is 439 g/mol. The van der Waals surface area contributed by atoms with Crippen LogP contribution in [0.3, 0.4) is 0 Å². The molecule has 0 fully saturated rings. The van der Waals surface area contributed by atoms with E-state index in [4.69, 9.17) is 0 Å². The van der Waals surface area contributed by atoms with E-state index in [1.807, 2.05) is 0 Å². The van der Waals surface area contributed by atoms with E-state index in [1.54, 1.807) is 0 Å². The Morgan fingerprint density at radius 1 is 0.680 bits per heavy atom. The van der Waals surface area contributed by atoms with Gasteiger partial charge < -0.3 is 10.6 Å². The molecule has 0 rings (SSSR count). The van der Waals surface area contributed by atoms with E-state index in [-0.39, 0.29) is 16.6 Å². The van der Waals surface area contributed by atoms with Gasteiger partial charge in [0.05, 0.1) is 0 Å². The van der Waals surface area contributed by atoms with Crippen molar-refractivity contribution in [3.05, 3.63) is 10.6 Å². The van der Waals surface area contributed by atoms with Gasteiger partial charge >= 0.3 is 77.8 Å². The standard InChI is InChI=1S/C7H16N.C5H12N.2C4H9N.Mo/c1-5-6-8-7(2,3)4;1-3-5-6-4-2;2*1-4(2,3)5;/h5-6H2,1-4H3;3-5H2,1-2H3;2*1-3H3;/q2*-1;;;+2. The van der Waals surface area contributed by atoms with Crippen molar-refractivity contribution in [2.24, 2.45) is 6.99 Å². The molecule has 25 heavy (non-hydrogen) atoms. The fourth-order valence-electron chi connectivity index (χ4n) is 1.03. The SMILES string of the molecule is CC(C)(C)[N]=[Mo+2]=[N]C(C)(C)C.CCC[N-]C(C)(C)C.CCC[N-]CC. The van der Waals surface area contributed by atoms with Crippen LogP contribution in [-0.2, 0) is 18.2 Å². The van der Waals surface area contributed by atoms with E-state index in [2.05, 4.69) is 101 Å². The first-order valence-electron chi connectivity index (χ1n) is 9.61. The quantitative estimate of drug-likeness (QED) is 0.317. The summed E-state index contributed by atoms with van der Waals surface area (Å²) < 4.78 is 9.01. The van der Waals surface area contributed by atoms with Gasteiger partial charge in [0.15, 0.2) is 0 Å². The van der Waals surface area contributed by atoms with Crippen LogP contribution in [0.5, 0.6) is 0 Å².